The second-order valence-electron chi connectivity index (χ2n) is 6.14. The average molecular weight is 386 g/mol. The van der Waals surface area contributed by atoms with Crippen LogP contribution in [0, 0.1) is 6.92 Å². The summed E-state index contributed by atoms with van der Waals surface area (Å²) in [6.07, 6.45) is 2.61. The molecule has 0 fully saturated rings. The molecule has 1 aromatic carbocycles. The van der Waals surface area contributed by atoms with Crippen molar-refractivity contribution in [1.29, 1.82) is 0 Å². The molecule has 5 nitrogen and oxygen atoms in total. The topological polar surface area (TPSA) is 61.8 Å². The maximum atomic E-state index is 13.0. The fourth-order valence-electron chi connectivity index (χ4n) is 2.89. The third kappa shape index (κ3) is 4.06. The van der Waals surface area contributed by atoms with Crippen LogP contribution < -0.4 is 4.74 Å². The molecule has 0 unspecified atom stereocenters. The predicted octanol–water partition coefficient (Wildman–Crippen LogP) is 5.07. The molecule has 6 heteroatoms. The first-order chi connectivity index (χ1) is 13.0. The van der Waals surface area contributed by atoms with Crippen LogP contribution in [-0.4, -0.2) is 25.0 Å². The van der Waals surface area contributed by atoms with Crippen molar-refractivity contribution < 1.29 is 23.8 Å². The third-order valence-corrected chi connectivity index (χ3v) is 5.31. The van der Waals surface area contributed by atoms with E-state index < -0.39 is 5.97 Å². The van der Waals surface area contributed by atoms with Crippen LogP contribution in [0.25, 0.3) is 0 Å². The van der Waals surface area contributed by atoms with Gasteiger partial charge in [-0.25, -0.2) is 4.79 Å². The van der Waals surface area contributed by atoms with Gasteiger partial charge >= 0.3 is 5.97 Å². The summed E-state index contributed by atoms with van der Waals surface area (Å²) in [5.41, 5.74) is 2.85. The van der Waals surface area contributed by atoms with Gasteiger partial charge in [0.2, 0.25) is 0 Å². The van der Waals surface area contributed by atoms with Crippen molar-refractivity contribution in [3.63, 3.8) is 0 Å². The van der Waals surface area contributed by atoms with Gasteiger partial charge in [0.25, 0.3) is 0 Å². The van der Waals surface area contributed by atoms with Crippen LogP contribution in [0.3, 0.4) is 0 Å². The molecule has 0 saturated heterocycles. The fraction of sp³-hybridized carbons (Fsp3) is 0.333. The first kappa shape index (κ1) is 19.2. The Hall–Kier alpha value is -2.60. The highest BCUT2D eigenvalue weighted by Gasteiger charge is 2.34. The first-order valence-electron chi connectivity index (χ1n) is 8.97. The summed E-state index contributed by atoms with van der Waals surface area (Å²) in [6.45, 7) is 6.39. The Balaban J connectivity index is 2.03. The van der Waals surface area contributed by atoms with Crippen LogP contribution in [-0.2, 0) is 15.9 Å². The number of carbonyl (C=O) groups excluding carboxylic acids is 2. The smallest absolute Gasteiger partial charge is 0.348 e. The number of aryl methyl sites for hydroxylation is 1. The molecule has 1 heterocycles. The number of rotatable bonds is 6. The van der Waals surface area contributed by atoms with Crippen molar-refractivity contribution in [2.75, 3.05) is 13.2 Å². The molecule has 0 radical (unpaired) electrons. The Bertz CT molecular complexity index is 877. The Labute approximate surface area is 162 Å². The Morgan fingerprint density at radius 2 is 1.89 bits per heavy atom. The lowest BCUT2D eigenvalue weighted by molar-refractivity contribution is 0.0531. The van der Waals surface area contributed by atoms with Crippen molar-refractivity contribution in [3.05, 3.63) is 57.7 Å². The lowest BCUT2D eigenvalue weighted by Gasteiger charge is -2.16. The van der Waals surface area contributed by atoms with E-state index in [1.165, 1.54) is 17.6 Å². The summed E-state index contributed by atoms with van der Waals surface area (Å²) in [5.74, 6) is 0.0509. The molecule has 0 bridgehead atoms. The number of ketones is 1. The van der Waals surface area contributed by atoms with Gasteiger partial charge < -0.3 is 14.2 Å². The zero-order valence-corrected chi connectivity index (χ0v) is 16.5. The van der Waals surface area contributed by atoms with Crippen LogP contribution in [0.5, 0.6) is 10.8 Å². The number of esters is 1. The largest absolute Gasteiger partial charge is 0.501 e. The molecule has 1 aliphatic carbocycles. The van der Waals surface area contributed by atoms with E-state index in [1.54, 1.807) is 6.92 Å². The van der Waals surface area contributed by atoms with Crippen molar-refractivity contribution in [2.24, 2.45) is 0 Å². The van der Waals surface area contributed by atoms with E-state index in [9.17, 15) is 9.59 Å². The SMILES string of the molecule is CCOC=C1CCc2c(C(=O)OCC)sc(Oc3ccc(C)cc3)c2C1=O. The van der Waals surface area contributed by atoms with Crippen molar-refractivity contribution in [3.8, 4) is 10.8 Å². The van der Waals surface area contributed by atoms with Crippen molar-refractivity contribution in [1.82, 2.24) is 0 Å². The Morgan fingerprint density at radius 3 is 2.56 bits per heavy atom. The molecular formula is C21H22O5S. The van der Waals surface area contributed by atoms with E-state index in [4.69, 9.17) is 14.2 Å². The van der Waals surface area contributed by atoms with Gasteiger partial charge in [-0.15, -0.1) is 0 Å². The van der Waals surface area contributed by atoms with Crippen molar-refractivity contribution >= 4 is 23.1 Å². The zero-order chi connectivity index (χ0) is 19.4. The Morgan fingerprint density at radius 1 is 1.15 bits per heavy atom. The van der Waals surface area contributed by atoms with Gasteiger partial charge in [0.15, 0.2) is 10.8 Å². The van der Waals surface area contributed by atoms with E-state index in [-0.39, 0.29) is 12.4 Å². The quantitative estimate of drug-likeness (QED) is 0.394. The Kier molecular flexibility index (Phi) is 5.96. The molecule has 142 valence electrons. The fourth-order valence-corrected chi connectivity index (χ4v) is 4.00. The number of fused-ring (bicyclic) bond motifs is 1. The van der Waals surface area contributed by atoms with Crippen LogP contribution in [0.2, 0.25) is 0 Å². The van der Waals surface area contributed by atoms with E-state index in [2.05, 4.69) is 0 Å². The van der Waals surface area contributed by atoms with Gasteiger partial charge in [-0.05, 0) is 51.3 Å². The molecule has 1 aromatic heterocycles. The lowest BCUT2D eigenvalue weighted by atomic mass is 9.88. The van der Waals surface area contributed by atoms with Crippen molar-refractivity contribution in [2.45, 2.75) is 33.6 Å². The minimum atomic E-state index is -0.414. The van der Waals surface area contributed by atoms with E-state index >= 15 is 0 Å². The average Bonchev–Trinajstić information content (AvgIpc) is 3.02. The van der Waals surface area contributed by atoms with Gasteiger partial charge in [0.05, 0.1) is 25.0 Å². The maximum Gasteiger partial charge on any atom is 0.348 e. The van der Waals surface area contributed by atoms with Crippen LogP contribution in [0.1, 0.15) is 51.4 Å². The minimum absolute atomic E-state index is 0.154. The number of hydrogen-bond acceptors (Lipinski definition) is 6. The van der Waals surface area contributed by atoms with E-state index in [1.807, 2.05) is 38.1 Å². The van der Waals surface area contributed by atoms with Gasteiger partial charge in [0, 0.05) is 5.57 Å². The van der Waals surface area contributed by atoms with Gasteiger partial charge in [0.1, 0.15) is 10.6 Å². The standard InChI is InChI=1S/C21H22O5S/c1-4-24-12-14-8-11-16-17(18(14)22)21(27-19(16)20(23)25-5-2)26-15-9-6-13(3)7-10-15/h6-7,9-10,12H,4-5,8,11H2,1-3H3. The first-order valence-corrected chi connectivity index (χ1v) is 9.79. The minimum Gasteiger partial charge on any atom is -0.501 e. The lowest BCUT2D eigenvalue weighted by Crippen LogP contribution is -2.16. The summed E-state index contributed by atoms with van der Waals surface area (Å²) in [7, 11) is 0. The van der Waals surface area contributed by atoms with Crippen LogP contribution >= 0.6 is 11.3 Å². The summed E-state index contributed by atoms with van der Waals surface area (Å²) >= 11 is 1.17. The zero-order valence-electron chi connectivity index (χ0n) is 15.7. The maximum absolute atomic E-state index is 13.0. The van der Waals surface area contributed by atoms with Gasteiger partial charge in [-0.2, -0.15) is 0 Å². The van der Waals surface area contributed by atoms with Crippen LogP contribution in [0.15, 0.2) is 36.1 Å². The molecule has 0 spiro atoms. The number of hydrogen-bond donors (Lipinski definition) is 0. The molecule has 0 atom stereocenters. The third-order valence-electron chi connectivity index (χ3n) is 4.22. The number of Topliss-reactive ketones (excluding diaryl/α,β-unsaturated/α-hetero) is 1. The van der Waals surface area contributed by atoms with E-state index in [0.29, 0.717) is 51.8 Å². The molecule has 27 heavy (non-hydrogen) atoms. The molecule has 0 saturated carbocycles. The summed E-state index contributed by atoms with van der Waals surface area (Å²) in [5, 5.41) is 0.420. The summed E-state index contributed by atoms with van der Waals surface area (Å²) in [6, 6.07) is 7.55. The predicted molar refractivity (Wildman–Crippen MR) is 104 cm³/mol. The molecule has 1 aliphatic rings. The number of ether oxygens (including phenoxy) is 3. The number of thiophene rings is 1. The molecule has 0 N–H and O–H groups in total. The highest BCUT2D eigenvalue weighted by molar-refractivity contribution is 7.16. The normalized spacial score (nSPS) is 14.8. The van der Waals surface area contributed by atoms with E-state index in [0.717, 1.165) is 5.56 Å². The molecule has 0 amide bonds. The summed E-state index contributed by atoms with van der Waals surface area (Å²) < 4.78 is 16.5. The van der Waals surface area contributed by atoms with Gasteiger partial charge in [-0.3, -0.25) is 4.79 Å². The number of benzene rings is 1. The summed E-state index contributed by atoms with van der Waals surface area (Å²) in [4.78, 5) is 25.8. The second-order valence-corrected chi connectivity index (χ2v) is 7.12. The highest BCUT2D eigenvalue weighted by Crippen LogP contribution is 2.43. The molecular weight excluding hydrogens is 364 g/mol. The number of allylic oxidation sites excluding steroid dienone is 1. The molecule has 0 aliphatic heterocycles. The molecule has 3 rings (SSSR count). The van der Waals surface area contributed by atoms with Crippen LogP contribution in [0.4, 0.5) is 0 Å². The second kappa shape index (κ2) is 8.39. The molecule has 2 aromatic rings. The monoisotopic (exact) mass is 386 g/mol. The highest BCUT2D eigenvalue weighted by atomic mass is 32.1. The number of carbonyl (C=O) groups is 2. The van der Waals surface area contributed by atoms with Gasteiger partial charge in [-0.1, -0.05) is 29.0 Å².